The van der Waals surface area contributed by atoms with Crippen molar-refractivity contribution in [2.45, 2.75) is 24.8 Å². The minimum absolute atomic E-state index is 0.0522. The van der Waals surface area contributed by atoms with E-state index in [0.29, 0.717) is 11.6 Å². The topological polar surface area (TPSA) is 97.4 Å². The van der Waals surface area contributed by atoms with Gasteiger partial charge in [0.2, 0.25) is 15.9 Å². The van der Waals surface area contributed by atoms with Gasteiger partial charge >= 0.3 is 0 Å². The first-order valence-corrected chi connectivity index (χ1v) is 8.70. The van der Waals surface area contributed by atoms with Gasteiger partial charge in [-0.3, -0.25) is 4.79 Å². The molecule has 0 aliphatic rings. The molecule has 0 aliphatic heterocycles. The lowest BCUT2D eigenvalue weighted by Crippen LogP contribution is -2.41. The maximum atomic E-state index is 12.3. The van der Waals surface area contributed by atoms with E-state index in [1.54, 1.807) is 18.3 Å². The SMILES string of the molecule is COc1ccc(S(=O)(=O)N[C@@H](C)C(=O)Nc2ccc(C)cn2)cc1. The number of carbonyl (C=O) groups excluding carboxylic acids is 1. The average molecular weight is 349 g/mol. The van der Waals surface area contributed by atoms with Gasteiger partial charge < -0.3 is 10.1 Å². The summed E-state index contributed by atoms with van der Waals surface area (Å²) in [6.07, 6.45) is 1.61. The fourth-order valence-corrected chi connectivity index (χ4v) is 3.09. The zero-order valence-electron chi connectivity index (χ0n) is 13.6. The second kappa shape index (κ2) is 7.41. The van der Waals surface area contributed by atoms with Gasteiger partial charge in [0.25, 0.3) is 0 Å². The number of nitrogens with zero attached hydrogens (tertiary/aromatic N) is 1. The molecular weight excluding hydrogens is 330 g/mol. The summed E-state index contributed by atoms with van der Waals surface area (Å²) in [6.45, 7) is 3.34. The molecule has 0 saturated carbocycles. The van der Waals surface area contributed by atoms with Gasteiger partial charge in [0.05, 0.1) is 18.0 Å². The molecular formula is C16H19N3O4S. The number of ether oxygens (including phenoxy) is 1. The molecule has 7 nitrogen and oxygen atoms in total. The van der Waals surface area contributed by atoms with Gasteiger partial charge in [-0.05, 0) is 49.7 Å². The normalized spacial score (nSPS) is 12.5. The summed E-state index contributed by atoms with van der Waals surface area (Å²) in [4.78, 5) is 16.2. The molecule has 0 fully saturated rings. The number of sulfonamides is 1. The number of amides is 1. The molecule has 1 aromatic carbocycles. The van der Waals surface area contributed by atoms with Crippen molar-refractivity contribution in [3.8, 4) is 5.75 Å². The Morgan fingerprint density at radius 1 is 1.17 bits per heavy atom. The third-order valence-corrected chi connectivity index (χ3v) is 4.81. The van der Waals surface area contributed by atoms with Crippen LogP contribution in [0.15, 0.2) is 47.5 Å². The first-order chi connectivity index (χ1) is 11.3. The monoisotopic (exact) mass is 349 g/mol. The van der Waals surface area contributed by atoms with Crippen LogP contribution in [0, 0.1) is 6.92 Å². The van der Waals surface area contributed by atoms with Gasteiger partial charge in [0, 0.05) is 6.20 Å². The van der Waals surface area contributed by atoms with Crippen molar-refractivity contribution in [3.05, 3.63) is 48.2 Å². The highest BCUT2D eigenvalue weighted by atomic mass is 32.2. The number of methoxy groups -OCH3 is 1. The minimum atomic E-state index is -3.82. The van der Waals surface area contributed by atoms with E-state index in [0.717, 1.165) is 5.56 Å². The van der Waals surface area contributed by atoms with Crippen molar-refractivity contribution < 1.29 is 17.9 Å². The van der Waals surface area contributed by atoms with Gasteiger partial charge in [-0.1, -0.05) is 6.07 Å². The van der Waals surface area contributed by atoms with Crippen molar-refractivity contribution in [1.82, 2.24) is 9.71 Å². The molecule has 24 heavy (non-hydrogen) atoms. The van der Waals surface area contributed by atoms with Crippen LogP contribution >= 0.6 is 0 Å². The standard InChI is InChI=1S/C16H19N3O4S/c1-11-4-9-15(17-10-11)18-16(20)12(2)19-24(21,22)14-7-5-13(23-3)6-8-14/h4-10,12,19H,1-3H3,(H,17,18,20)/t12-/m0/s1. The molecule has 2 N–H and O–H groups in total. The number of carbonyl (C=O) groups is 1. The van der Waals surface area contributed by atoms with E-state index in [4.69, 9.17) is 4.74 Å². The second-order valence-electron chi connectivity index (χ2n) is 5.23. The van der Waals surface area contributed by atoms with Crippen LogP contribution in [0.1, 0.15) is 12.5 Å². The lowest BCUT2D eigenvalue weighted by atomic mass is 10.3. The molecule has 1 heterocycles. The number of pyridine rings is 1. The second-order valence-corrected chi connectivity index (χ2v) is 6.94. The first kappa shape index (κ1) is 17.9. The third kappa shape index (κ3) is 4.53. The zero-order chi connectivity index (χ0) is 17.7. The zero-order valence-corrected chi connectivity index (χ0v) is 14.4. The van der Waals surface area contributed by atoms with Gasteiger partial charge in [0.1, 0.15) is 11.6 Å². The molecule has 0 radical (unpaired) electrons. The Labute approximate surface area is 141 Å². The maximum Gasteiger partial charge on any atom is 0.243 e. The molecule has 0 aliphatic carbocycles. The number of benzene rings is 1. The van der Waals surface area contributed by atoms with Gasteiger partial charge in [0.15, 0.2) is 0 Å². The summed E-state index contributed by atoms with van der Waals surface area (Å²) < 4.78 is 31.9. The highest BCUT2D eigenvalue weighted by Crippen LogP contribution is 2.15. The van der Waals surface area contributed by atoms with Gasteiger partial charge in [-0.15, -0.1) is 0 Å². The summed E-state index contributed by atoms with van der Waals surface area (Å²) in [5.74, 6) is 0.412. The Kier molecular flexibility index (Phi) is 5.53. The highest BCUT2D eigenvalue weighted by Gasteiger charge is 2.22. The Bertz CT molecular complexity index is 802. The predicted octanol–water partition coefficient (Wildman–Crippen LogP) is 1.70. The quantitative estimate of drug-likeness (QED) is 0.827. The molecule has 1 aromatic heterocycles. The summed E-state index contributed by atoms with van der Waals surface area (Å²) in [5, 5.41) is 2.56. The van der Waals surface area contributed by atoms with Crippen LogP contribution in [0.2, 0.25) is 0 Å². The molecule has 0 saturated heterocycles. The van der Waals surface area contributed by atoms with E-state index in [-0.39, 0.29) is 4.90 Å². The van der Waals surface area contributed by atoms with Gasteiger partial charge in [-0.25, -0.2) is 13.4 Å². The molecule has 2 rings (SSSR count). The maximum absolute atomic E-state index is 12.3. The van der Waals surface area contributed by atoms with Crippen molar-refractivity contribution in [2.75, 3.05) is 12.4 Å². The Morgan fingerprint density at radius 2 is 1.83 bits per heavy atom. The molecule has 0 unspecified atom stereocenters. The van der Waals surface area contributed by atoms with Crippen LogP contribution in [0.3, 0.4) is 0 Å². The van der Waals surface area contributed by atoms with Crippen LogP contribution in [0.5, 0.6) is 5.75 Å². The molecule has 1 atom stereocenters. The third-order valence-electron chi connectivity index (χ3n) is 3.26. The van der Waals surface area contributed by atoms with Crippen LogP contribution in [-0.4, -0.2) is 32.5 Å². The minimum Gasteiger partial charge on any atom is -0.497 e. The first-order valence-electron chi connectivity index (χ1n) is 7.22. The number of hydrogen-bond donors (Lipinski definition) is 2. The molecule has 1 amide bonds. The fourth-order valence-electron chi connectivity index (χ4n) is 1.89. The Morgan fingerprint density at radius 3 is 2.38 bits per heavy atom. The van der Waals surface area contributed by atoms with E-state index >= 15 is 0 Å². The molecule has 0 spiro atoms. The number of aryl methyl sites for hydroxylation is 1. The number of hydrogen-bond acceptors (Lipinski definition) is 5. The fraction of sp³-hybridized carbons (Fsp3) is 0.250. The molecule has 0 bridgehead atoms. The van der Waals surface area contributed by atoms with Crippen molar-refractivity contribution in [2.24, 2.45) is 0 Å². The van der Waals surface area contributed by atoms with Crippen molar-refractivity contribution >= 4 is 21.7 Å². The van der Waals surface area contributed by atoms with E-state index in [2.05, 4.69) is 15.0 Å². The molecule has 2 aromatic rings. The lowest BCUT2D eigenvalue weighted by molar-refractivity contribution is -0.117. The number of anilines is 1. The van der Waals surface area contributed by atoms with Crippen LogP contribution < -0.4 is 14.8 Å². The predicted molar refractivity (Wildman–Crippen MR) is 90.4 cm³/mol. The van der Waals surface area contributed by atoms with E-state index < -0.39 is 22.0 Å². The summed E-state index contributed by atoms with van der Waals surface area (Å²) >= 11 is 0. The van der Waals surface area contributed by atoms with E-state index in [9.17, 15) is 13.2 Å². The molecule has 8 heteroatoms. The largest absolute Gasteiger partial charge is 0.497 e. The van der Waals surface area contributed by atoms with E-state index in [1.165, 1.54) is 38.3 Å². The van der Waals surface area contributed by atoms with Crippen molar-refractivity contribution in [1.29, 1.82) is 0 Å². The number of rotatable bonds is 6. The number of nitrogens with one attached hydrogen (secondary N) is 2. The number of aromatic nitrogens is 1. The van der Waals surface area contributed by atoms with Crippen LogP contribution in [-0.2, 0) is 14.8 Å². The summed E-state index contributed by atoms with van der Waals surface area (Å²) in [5.41, 5.74) is 0.959. The Hall–Kier alpha value is -2.45. The lowest BCUT2D eigenvalue weighted by Gasteiger charge is -2.14. The summed E-state index contributed by atoms with van der Waals surface area (Å²) in [7, 11) is -2.32. The van der Waals surface area contributed by atoms with Crippen molar-refractivity contribution in [3.63, 3.8) is 0 Å². The highest BCUT2D eigenvalue weighted by molar-refractivity contribution is 7.89. The average Bonchev–Trinajstić information content (AvgIpc) is 2.56. The van der Waals surface area contributed by atoms with Gasteiger partial charge in [-0.2, -0.15) is 4.72 Å². The van der Waals surface area contributed by atoms with Crippen LogP contribution in [0.4, 0.5) is 5.82 Å². The summed E-state index contributed by atoms with van der Waals surface area (Å²) in [6, 6.07) is 8.39. The van der Waals surface area contributed by atoms with Crippen LogP contribution in [0.25, 0.3) is 0 Å². The molecule has 128 valence electrons. The Balaban J connectivity index is 2.04. The van der Waals surface area contributed by atoms with E-state index in [1.807, 2.05) is 6.92 Å². The smallest absolute Gasteiger partial charge is 0.243 e.